The van der Waals surface area contributed by atoms with E-state index in [9.17, 15) is 48.9 Å². The summed E-state index contributed by atoms with van der Waals surface area (Å²) in [5.41, 5.74) is 0. The highest BCUT2D eigenvalue weighted by molar-refractivity contribution is 5.92. The zero-order valence-electron chi connectivity index (χ0n) is 48.6. The molecule has 0 unspecified atom stereocenters. The van der Waals surface area contributed by atoms with Gasteiger partial charge in [0.1, 0.15) is 6.54 Å². The van der Waals surface area contributed by atoms with Crippen molar-refractivity contribution in [2.24, 2.45) is 0 Å². The van der Waals surface area contributed by atoms with Crippen molar-refractivity contribution in [3.8, 4) is 0 Å². The Hall–Kier alpha value is -3.87. The third-order valence-corrected chi connectivity index (χ3v) is 15.0. The normalized spacial score (nSPS) is 14.4. The summed E-state index contributed by atoms with van der Waals surface area (Å²) in [7, 11) is 2.35. The minimum atomic E-state index is -1.41. The van der Waals surface area contributed by atoms with Gasteiger partial charge in [0, 0.05) is 79.5 Å². The molecule has 4 N–H and O–H groups in total. The van der Waals surface area contributed by atoms with Crippen LogP contribution in [0.3, 0.4) is 0 Å². The summed E-state index contributed by atoms with van der Waals surface area (Å²) >= 11 is 0. The number of amides is 6. The molecular formula is C58H110N8O10. The van der Waals surface area contributed by atoms with Crippen LogP contribution in [-0.2, 0) is 24.0 Å². The van der Waals surface area contributed by atoms with Crippen LogP contribution in [0, 0.1) is 0 Å². The van der Waals surface area contributed by atoms with E-state index in [0.717, 1.165) is 45.6 Å². The molecule has 1 rings (SSSR count). The van der Waals surface area contributed by atoms with Crippen LogP contribution in [0.25, 0.3) is 0 Å². The van der Waals surface area contributed by atoms with E-state index in [2.05, 4.69) is 19.2 Å². The fraction of sp³-hybridized carbons (Fsp3) is 0.879. The molecule has 0 saturated carbocycles. The van der Waals surface area contributed by atoms with E-state index in [1.165, 1.54) is 174 Å². The molecule has 0 aliphatic carbocycles. The summed E-state index contributed by atoms with van der Waals surface area (Å²) in [5.74, 6) is -2.98. The lowest BCUT2D eigenvalue weighted by Gasteiger charge is -2.34. The molecule has 1 fully saturated rings. The number of hydrogen-bond donors (Lipinski definition) is 4. The predicted octanol–water partition coefficient (Wildman–Crippen LogP) is 10.0. The number of carbonyl (C=O) groups is 7. The van der Waals surface area contributed by atoms with Crippen LogP contribution in [0.2, 0.25) is 0 Å². The fourth-order valence-corrected chi connectivity index (χ4v) is 9.81. The highest BCUT2D eigenvalue weighted by Crippen LogP contribution is 2.17. The Morgan fingerprint density at radius 1 is 0.355 bits per heavy atom. The number of carboxylic acids is 1. The van der Waals surface area contributed by atoms with Crippen LogP contribution in [0.5, 0.6) is 0 Å². The topological polar surface area (TPSA) is 215 Å². The number of nitrogens with zero attached hydrogens (tertiary/aromatic N) is 7. The fourth-order valence-electron chi connectivity index (χ4n) is 9.81. The molecule has 1 aliphatic rings. The minimum Gasteiger partial charge on any atom is -0.480 e. The van der Waals surface area contributed by atoms with Gasteiger partial charge in [0.2, 0.25) is 23.6 Å². The molecule has 1 aliphatic heterocycles. The highest BCUT2D eigenvalue weighted by atomic mass is 16.4. The molecule has 6 amide bonds. The van der Waals surface area contributed by atoms with Gasteiger partial charge in [0.05, 0.1) is 26.2 Å². The van der Waals surface area contributed by atoms with Gasteiger partial charge in [-0.1, -0.05) is 206 Å². The van der Waals surface area contributed by atoms with Crippen molar-refractivity contribution < 1.29 is 48.9 Å². The first kappa shape index (κ1) is 70.1. The Labute approximate surface area is 460 Å². The molecule has 0 aromatic rings. The first-order chi connectivity index (χ1) is 36.7. The van der Waals surface area contributed by atoms with Crippen LogP contribution in [0.1, 0.15) is 219 Å². The predicted molar refractivity (Wildman–Crippen MR) is 304 cm³/mol. The molecule has 18 nitrogen and oxygen atoms in total. The van der Waals surface area contributed by atoms with Gasteiger partial charge < -0.3 is 25.5 Å². The van der Waals surface area contributed by atoms with Crippen molar-refractivity contribution in [2.45, 2.75) is 219 Å². The largest absolute Gasteiger partial charge is 0.480 e. The van der Waals surface area contributed by atoms with Gasteiger partial charge in [-0.15, -0.1) is 0 Å². The second-order valence-electron chi connectivity index (χ2n) is 21.7. The van der Waals surface area contributed by atoms with Crippen LogP contribution in [0.15, 0.2) is 0 Å². The van der Waals surface area contributed by atoms with Crippen LogP contribution in [-0.4, -0.2) is 204 Å². The van der Waals surface area contributed by atoms with Gasteiger partial charge in [-0.05, 0) is 12.8 Å². The summed E-state index contributed by atoms with van der Waals surface area (Å²) in [6, 6.07) is 0. The number of unbranched alkanes of at least 4 members (excludes halogenated alkanes) is 30. The first-order valence-electron chi connectivity index (χ1n) is 30.3. The summed E-state index contributed by atoms with van der Waals surface area (Å²) in [4.78, 5) is 98.8. The van der Waals surface area contributed by atoms with Crippen molar-refractivity contribution >= 4 is 41.8 Å². The quantitative estimate of drug-likeness (QED) is 0.0418. The first-order valence-corrected chi connectivity index (χ1v) is 30.3. The summed E-state index contributed by atoms with van der Waals surface area (Å²) in [6.07, 6.45) is 37.9. The Kier molecular flexibility index (Phi) is 43.5. The molecule has 0 atom stereocenters. The van der Waals surface area contributed by atoms with Gasteiger partial charge >= 0.3 is 18.2 Å². The monoisotopic (exact) mass is 1080 g/mol. The number of carboxylic acid groups (broad SMARTS) is 3. The standard InChI is InChI=1S/C58H110N8O10/c1-5-7-9-11-13-15-17-19-21-23-25-27-29-31-33-35-37-66(38-36-34-32-30-28-26-24-22-20-18-16-14-12-10-8-6-2)55(70)51-65-42-40-62(48-52(67)59-47-56(71)72)39-41-63(49-53(68)60(3)57(73)74)43-44-64(45-46-65)50-54(69)61(4)58(75)76/h5-51H2,1-4H3,(H,59,67)(H,71,72)(H,73,74)(H,75,76). The van der Waals surface area contributed by atoms with Crippen LogP contribution >= 0.6 is 0 Å². The molecule has 76 heavy (non-hydrogen) atoms. The summed E-state index contributed by atoms with van der Waals surface area (Å²) < 4.78 is 0. The van der Waals surface area contributed by atoms with Crippen molar-refractivity contribution in [3.05, 3.63) is 0 Å². The number of likely N-dealkylation sites (N-methyl/N-ethyl adjacent to an activating group) is 2. The lowest BCUT2D eigenvalue weighted by molar-refractivity contribution is -0.138. The Balaban J connectivity index is 3.06. The molecule has 1 saturated heterocycles. The smallest absolute Gasteiger partial charge is 0.413 e. The number of hydrogen-bond acceptors (Lipinski definition) is 11. The van der Waals surface area contributed by atoms with E-state index in [1.54, 1.807) is 9.80 Å². The summed E-state index contributed by atoms with van der Waals surface area (Å²) in [6.45, 7) is 6.94. The Morgan fingerprint density at radius 2 is 0.592 bits per heavy atom. The van der Waals surface area contributed by atoms with E-state index in [-0.39, 0.29) is 64.8 Å². The number of aliphatic carboxylic acids is 1. The molecule has 1 heterocycles. The summed E-state index contributed by atoms with van der Waals surface area (Å²) in [5, 5.41) is 30.7. The average molecular weight is 1080 g/mol. The zero-order chi connectivity index (χ0) is 56.0. The van der Waals surface area contributed by atoms with Crippen molar-refractivity contribution in [1.82, 2.24) is 39.6 Å². The molecule has 18 heteroatoms. The third-order valence-electron chi connectivity index (χ3n) is 15.0. The second kappa shape index (κ2) is 47.2. The van der Waals surface area contributed by atoms with E-state index in [4.69, 9.17) is 0 Å². The van der Waals surface area contributed by atoms with Crippen molar-refractivity contribution in [2.75, 3.05) is 112 Å². The molecule has 442 valence electrons. The molecule has 0 spiro atoms. The molecule has 0 aromatic carbocycles. The van der Waals surface area contributed by atoms with Crippen molar-refractivity contribution in [3.63, 3.8) is 0 Å². The van der Waals surface area contributed by atoms with Gasteiger partial charge in [-0.25, -0.2) is 19.4 Å². The molecular weight excluding hydrogens is 969 g/mol. The highest BCUT2D eigenvalue weighted by Gasteiger charge is 2.26. The maximum Gasteiger partial charge on any atom is 0.413 e. The lowest BCUT2D eigenvalue weighted by atomic mass is 10.0. The van der Waals surface area contributed by atoms with E-state index < -0.39 is 42.4 Å². The van der Waals surface area contributed by atoms with Gasteiger partial charge in [0.15, 0.2) is 0 Å². The maximum atomic E-state index is 14.5. The Morgan fingerprint density at radius 3 is 0.842 bits per heavy atom. The molecule has 0 radical (unpaired) electrons. The maximum absolute atomic E-state index is 14.5. The minimum absolute atomic E-state index is 0.0141. The van der Waals surface area contributed by atoms with E-state index >= 15 is 0 Å². The number of nitrogens with one attached hydrogen (secondary N) is 1. The number of rotatable bonds is 44. The van der Waals surface area contributed by atoms with E-state index in [0.29, 0.717) is 42.5 Å². The number of carbonyl (C=O) groups excluding carboxylic acids is 4. The van der Waals surface area contributed by atoms with Crippen LogP contribution < -0.4 is 5.32 Å². The van der Waals surface area contributed by atoms with Gasteiger partial charge in [0.25, 0.3) is 0 Å². The second-order valence-corrected chi connectivity index (χ2v) is 21.7. The zero-order valence-corrected chi connectivity index (χ0v) is 48.6. The van der Waals surface area contributed by atoms with Crippen molar-refractivity contribution in [1.29, 1.82) is 0 Å². The SMILES string of the molecule is CCCCCCCCCCCCCCCCCCN(CCCCCCCCCCCCCCCCCC)C(=O)CN1CCN(CC(=O)NCC(=O)O)CCN(CC(=O)N(C)C(=O)O)CCN(CC(=O)N(C)C(=O)O)CC1. The average Bonchev–Trinajstić information content (AvgIpc) is 3.39. The Bertz CT molecular complexity index is 1520. The number of imide groups is 2. The van der Waals surface area contributed by atoms with Gasteiger partial charge in [-0.3, -0.25) is 43.6 Å². The molecule has 0 aromatic heterocycles. The van der Waals surface area contributed by atoms with Crippen LogP contribution in [0.4, 0.5) is 9.59 Å². The van der Waals surface area contributed by atoms with Gasteiger partial charge in [-0.2, -0.15) is 0 Å². The van der Waals surface area contributed by atoms with E-state index in [1.807, 2.05) is 14.7 Å². The molecule has 0 bridgehead atoms. The third kappa shape index (κ3) is 38.6. The lowest BCUT2D eigenvalue weighted by Crippen LogP contribution is -2.52.